The minimum absolute atomic E-state index is 0.0363. The van der Waals surface area contributed by atoms with Gasteiger partial charge in [-0.3, -0.25) is 14.2 Å². The minimum Gasteiger partial charge on any atom is -0.481 e. The van der Waals surface area contributed by atoms with Crippen LogP contribution in [0.2, 0.25) is 0 Å². The van der Waals surface area contributed by atoms with Gasteiger partial charge in [0.2, 0.25) is 0 Å². The number of esters is 1. The van der Waals surface area contributed by atoms with Crippen LogP contribution in [0, 0.1) is 0 Å². The summed E-state index contributed by atoms with van der Waals surface area (Å²) in [5.74, 6) is -0.307. The zero-order chi connectivity index (χ0) is 13.8. The minimum atomic E-state index is -0.927. The van der Waals surface area contributed by atoms with Crippen LogP contribution in [0.25, 0.3) is 0 Å². The van der Waals surface area contributed by atoms with Crippen LogP contribution in [0.4, 0.5) is 0 Å². The first-order chi connectivity index (χ1) is 9.11. The Labute approximate surface area is 114 Å². The number of hydrogen-bond donors (Lipinski definition) is 1. The second-order valence-corrected chi connectivity index (χ2v) is 5.13. The number of carbonyl (C=O) groups excluding carboxylic acids is 1. The highest BCUT2D eigenvalue weighted by Crippen LogP contribution is 2.40. The van der Waals surface area contributed by atoms with E-state index in [-0.39, 0.29) is 18.3 Å². The van der Waals surface area contributed by atoms with Crippen molar-refractivity contribution in [1.82, 2.24) is 14.8 Å². The van der Waals surface area contributed by atoms with Gasteiger partial charge in [0.05, 0.1) is 12.4 Å². The van der Waals surface area contributed by atoms with Gasteiger partial charge in [-0.15, -0.1) is 10.2 Å². The van der Waals surface area contributed by atoms with Crippen LogP contribution in [0.5, 0.6) is 0 Å². The number of rotatable bonds is 7. The van der Waals surface area contributed by atoms with Crippen LogP contribution >= 0.6 is 11.8 Å². The van der Waals surface area contributed by atoms with Crippen molar-refractivity contribution < 1.29 is 19.4 Å². The number of ether oxygens (including phenoxy) is 1. The molecular formula is C11H15N3O4S. The summed E-state index contributed by atoms with van der Waals surface area (Å²) in [6.07, 6.45) is 2.06. The molecule has 0 amide bonds. The van der Waals surface area contributed by atoms with E-state index in [2.05, 4.69) is 10.2 Å². The lowest BCUT2D eigenvalue weighted by atomic mass is 10.4. The molecular weight excluding hydrogens is 270 g/mol. The summed E-state index contributed by atoms with van der Waals surface area (Å²) < 4.78 is 6.58. The van der Waals surface area contributed by atoms with Crippen LogP contribution in [0.15, 0.2) is 5.16 Å². The van der Waals surface area contributed by atoms with E-state index in [0.29, 0.717) is 17.7 Å². The van der Waals surface area contributed by atoms with Gasteiger partial charge >= 0.3 is 11.9 Å². The number of carboxylic acids is 1. The molecule has 1 heterocycles. The van der Waals surface area contributed by atoms with E-state index < -0.39 is 5.97 Å². The molecule has 1 N–H and O–H groups in total. The highest BCUT2D eigenvalue weighted by Gasteiger charge is 2.31. The average Bonchev–Trinajstić information content (AvgIpc) is 3.11. The number of carboxylic acid groups (broad SMARTS) is 1. The third kappa shape index (κ3) is 3.69. The largest absolute Gasteiger partial charge is 0.481 e. The maximum absolute atomic E-state index is 11.6. The van der Waals surface area contributed by atoms with Gasteiger partial charge in [-0.05, 0) is 19.8 Å². The van der Waals surface area contributed by atoms with Crippen molar-refractivity contribution in [3.8, 4) is 0 Å². The maximum atomic E-state index is 11.6. The van der Waals surface area contributed by atoms with Crippen molar-refractivity contribution in [2.24, 2.45) is 0 Å². The predicted molar refractivity (Wildman–Crippen MR) is 67.0 cm³/mol. The molecule has 0 aromatic carbocycles. The van der Waals surface area contributed by atoms with Gasteiger partial charge in [0.15, 0.2) is 5.16 Å². The summed E-state index contributed by atoms with van der Waals surface area (Å²) in [4.78, 5) is 22.2. The van der Waals surface area contributed by atoms with Crippen LogP contribution in [0.3, 0.4) is 0 Å². The molecule has 0 unspecified atom stereocenters. The Morgan fingerprint density at radius 1 is 1.47 bits per heavy atom. The van der Waals surface area contributed by atoms with Gasteiger partial charge < -0.3 is 9.84 Å². The molecule has 0 radical (unpaired) electrons. The zero-order valence-electron chi connectivity index (χ0n) is 10.5. The predicted octanol–water partition coefficient (Wildman–Crippen LogP) is 0.895. The van der Waals surface area contributed by atoms with Gasteiger partial charge in [0.1, 0.15) is 12.4 Å². The number of aromatic nitrogens is 3. The summed E-state index contributed by atoms with van der Waals surface area (Å²) in [6.45, 7) is 2.10. The van der Waals surface area contributed by atoms with Gasteiger partial charge in [-0.2, -0.15) is 0 Å². The standard InChI is InChI=1S/C11H15N3O4S/c1-2-18-9(17)5-14-10(7-3-4-7)12-13-11(14)19-6-8(15)16/h7H,2-6H2,1H3,(H,15,16). The van der Waals surface area contributed by atoms with Crippen molar-refractivity contribution in [2.45, 2.75) is 37.4 Å². The fourth-order valence-electron chi connectivity index (χ4n) is 1.66. The normalized spacial score (nSPS) is 14.4. The molecule has 0 spiro atoms. The van der Waals surface area contributed by atoms with Crippen molar-refractivity contribution in [2.75, 3.05) is 12.4 Å². The van der Waals surface area contributed by atoms with E-state index in [1.807, 2.05) is 0 Å². The third-order valence-electron chi connectivity index (χ3n) is 2.61. The lowest BCUT2D eigenvalue weighted by Gasteiger charge is -2.08. The molecule has 1 saturated carbocycles. The molecule has 1 aliphatic rings. The van der Waals surface area contributed by atoms with Crippen LogP contribution in [-0.2, 0) is 20.9 Å². The van der Waals surface area contributed by atoms with Gasteiger partial charge in [0, 0.05) is 5.92 Å². The molecule has 1 fully saturated rings. The van der Waals surface area contributed by atoms with Crippen LogP contribution in [-0.4, -0.2) is 44.2 Å². The van der Waals surface area contributed by atoms with E-state index in [9.17, 15) is 9.59 Å². The topological polar surface area (TPSA) is 94.3 Å². The fraction of sp³-hybridized carbons (Fsp3) is 0.636. The Kier molecular flexibility index (Phi) is 4.41. The number of aliphatic carboxylic acids is 1. The van der Waals surface area contributed by atoms with Crippen molar-refractivity contribution in [3.63, 3.8) is 0 Å². The second kappa shape index (κ2) is 6.05. The lowest BCUT2D eigenvalue weighted by molar-refractivity contribution is -0.144. The Balaban J connectivity index is 2.13. The quantitative estimate of drug-likeness (QED) is 0.587. The van der Waals surface area contributed by atoms with Gasteiger partial charge in [-0.1, -0.05) is 11.8 Å². The third-order valence-corrected chi connectivity index (χ3v) is 3.56. The number of nitrogens with zero attached hydrogens (tertiary/aromatic N) is 3. The molecule has 0 atom stereocenters. The van der Waals surface area contributed by atoms with Gasteiger partial charge in [-0.25, -0.2) is 0 Å². The fourth-order valence-corrected chi connectivity index (χ4v) is 2.33. The molecule has 0 saturated heterocycles. The van der Waals surface area contributed by atoms with E-state index in [4.69, 9.17) is 9.84 Å². The molecule has 0 aliphatic heterocycles. The monoisotopic (exact) mass is 285 g/mol. The summed E-state index contributed by atoms with van der Waals surface area (Å²) in [5.41, 5.74) is 0. The number of thioether (sulfide) groups is 1. The number of hydrogen-bond acceptors (Lipinski definition) is 6. The first-order valence-corrected chi connectivity index (χ1v) is 7.03. The SMILES string of the molecule is CCOC(=O)Cn1c(SCC(=O)O)nnc1C1CC1. The second-order valence-electron chi connectivity index (χ2n) is 4.19. The average molecular weight is 285 g/mol. The first-order valence-electron chi connectivity index (χ1n) is 6.05. The molecule has 0 bridgehead atoms. The Hall–Kier alpha value is -1.57. The van der Waals surface area contributed by atoms with E-state index in [0.717, 1.165) is 30.4 Å². The first kappa shape index (κ1) is 13.9. The van der Waals surface area contributed by atoms with Crippen LogP contribution in [0.1, 0.15) is 31.5 Å². The molecule has 104 valence electrons. The molecule has 2 rings (SSSR count). The van der Waals surface area contributed by atoms with E-state index in [1.54, 1.807) is 11.5 Å². The van der Waals surface area contributed by atoms with Crippen LogP contribution < -0.4 is 0 Å². The Bertz CT molecular complexity index is 484. The molecule has 8 heteroatoms. The van der Waals surface area contributed by atoms with Crippen molar-refractivity contribution in [3.05, 3.63) is 5.82 Å². The molecule has 1 aromatic rings. The highest BCUT2D eigenvalue weighted by molar-refractivity contribution is 7.99. The molecule has 1 aromatic heterocycles. The molecule has 1 aliphatic carbocycles. The summed E-state index contributed by atoms with van der Waals surface area (Å²) in [5, 5.41) is 17.2. The zero-order valence-corrected chi connectivity index (χ0v) is 11.4. The highest BCUT2D eigenvalue weighted by atomic mass is 32.2. The molecule has 19 heavy (non-hydrogen) atoms. The summed E-state index contributed by atoms with van der Waals surface area (Å²) >= 11 is 1.06. The Morgan fingerprint density at radius 3 is 2.79 bits per heavy atom. The van der Waals surface area contributed by atoms with Crippen molar-refractivity contribution in [1.29, 1.82) is 0 Å². The maximum Gasteiger partial charge on any atom is 0.326 e. The van der Waals surface area contributed by atoms with Crippen molar-refractivity contribution >= 4 is 23.7 Å². The van der Waals surface area contributed by atoms with E-state index >= 15 is 0 Å². The molecule has 7 nitrogen and oxygen atoms in total. The smallest absolute Gasteiger partial charge is 0.326 e. The van der Waals surface area contributed by atoms with E-state index in [1.165, 1.54) is 0 Å². The lowest BCUT2D eigenvalue weighted by Crippen LogP contribution is -2.16. The summed E-state index contributed by atoms with van der Waals surface area (Å²) in [6, 6.07) is 0. The summed E-state index contributed by atoms with van der Waals surface area (Å²) in [7, 11) is 0. The Morgan fingerprint density at radius 2 is 2.21 bits per heavy atom. The number of carbonyl (C=O) groups is 2. The van der Waals surface area contributed by atoms with Gasteiger partial charge in [0.25, 0.3) is 0 Å².